The van der Waals surface area contributed by atoms with E-state index < -0.39 is 55.2 Å². The maximum atomic E-state index is 15.1. The molecule has 5 rings (SSSR count). The number of rotatable bonds is 5. The van der Waals surface area contributed by atoms with Gasteiger partial charge < -0.3 is 14.8 Å². The number of aromatic carboxylic acids is 1. The number of aromatic nitrogens is 3. The third-order valence-electron chi connectivity index (χ3n) is 5.47. The first-order chi connectivity index (χ1) is 17.0. The molecule has 0 aliphatic heterocycles. The molecule has 36 heavy (non-hydrogen) atoms. The molecule has 0 bridgehead atoms. The van der Waals surface area contributed by atoms with Gasteiger partial charge in [-0.05, 0) is 30.3 Å². The van der Waals surface area contributed by atoms with Crippen LogP contribution in [0.1, 0.15) is 9.67 Å². The summed E-state index contributed by atoms with van der Waals surface area (Å²) in [6, 6.07) is 6.23. The fourth-order valence-corrected chi connectivity index (χ4v) is 6.22. The van der Waals surface area contributed by atoms with Gasteiger partial charge in [0, 0.05) is 23.0 Å². The Kier molecular flexibility index (Phi) is 5.30. The smallest absolute Gasteiger partial charge is 0.346 e. The van der Waals surface area contributed by atoms with Crippen molar-refractivity contribution < 1.29 is 31.8 Å². The number of nitrogens with one attached hydrogen (secondary N) is 1. The number of benzene rings is 2. The number of ether oxygens (including phenoxy) is 1. The molecule has 0 fully saturated rings. The van der Waals surface area contributed by atoms with Gasteiger partial charge in [0.15, 0.2) is 5.82 Å². The standard InChI is InChI=1S/C22H13F2N3O7S2/c1-34-16-7-12(24)15(27-20(28)18-13(25-22(27)31)9-35-19(18)21(29)30)8-17(16)36(32,33)26-5-4-10-6-11(23)2-3-14(10)26/h2-9H,1H3,(H,25,31)(H,29,30). The van der Waals surface area contributed by atoms with Gasteiger partial charge in [0.1, 0.15) is 21.3 Å². The molecule has 0 aliphatic rings. The van der Waals surface area contributed by atoms with Crippen LogP contribution in [0.4, 0.5) is 8.78 Å². The second-order valence-corrected chi connectivity index (χ2v) is 10.2. The molecular formula is C22H13F2N3O7S2. The van der Waals surface area contributed by atoms with Crippen LogP contribution in [0.5, 0.6) is 5.75 Å². The molecule has 0 unspecified atom stereocenters. The Morgan fingerprint density at radius 3 is 2.58 bits per heavy atom. The second kappa shape index (κ2) is 8.13. The Labute approximate surface area is 203 Å². The molecule has 5 aromatic rings. The van der Waals surface area contributed by atoms with Crippen molar-refractivity contribution in [1.82, 2.24) is 13.5 Å². The summed E-state index contributed by atoms with van der Waals surface area (Å²) in [7, 11) is -3.42. The van der Waals surface area contributed by atoms with Gasteiger partial charge in [-0.1, -0.05) is 0 Å². The van der Waals surface area contributed by atoms with E-state index in [-0.39, 0.29) is 26.7 Å². The van der Waals surface area contributed by atoms with Crippen LogP contribution in [0.2, 0.25) is 0 Å². The van der Waals surface area contributed by atoms with Gasteiger partial charge in [-0.15, -0.1) is 11.3 Å². The highest BCUT2D eigenvalue weighted by atomic mass is 32.2. The average molecular weight is 533 g/mol. The molecule has 0 atom stereocenters. The lowest BCUT2D eigenvalue weighted by atomic mass is 10.2. The zero-order valence-electron chi connectivity index (χ0n) is 18.0. The van der Waals surface area contributed by atoms with E-state index in [9.17, 15) is 32.3 Å². The Hall–Kier alpha value is -4.30. The van der Waals surface area contributed by atoms with Crippen molar-refractivity contribution in [1.29, 1.82) is 0 Å². The van der Waals surface area contributed by atoms with Crippen LogP contribution in [0.15, 0.2) is 62.5 Å². The van der Waals surface area contributed by atoms with Gasteiger partial charge in [0.05, 0.1) is 29.2 Å². The predicted molar refractivity (Wildman–Crippen MR) is 126 cm³/mol. The van der Waals surface area contributed by atoms with E-state index in [4.69, 9.17) is 4.74 Å². The van der Waals surface area contributed by atoms with E-state index in [1.807, 2.05) is 0 Å². The summed E-state index contributed by atoms with van der Waals surface area (Å²) in [4.78, 5) is 38.7. The highest BCUT2D eigenvalue weighted by Crippen LogP contribution is 2.32. The molecule has 10 nitrogen and oxygen atoms in total. The number of thiophene rings is 1. The minimum atomic E-state index is -4.52. The number of carboxylic acids is 1. The first kappa shape index (κ1) is 23.4. The van der Waals surface area contributed by atoms with Crippen LogP contribution in [-0.2, 0) is 10.0 Å². The normalized spacial score (nSPS) is 11.9. The monoisotopic (exact) mass is 533 g/mol. The molecule has 2 aromatic carbocycles. The van der Waals surface area contributed by atoms with Gasteiger partial charge in [-0.3, -0.25) is 4.79 Å². The summed E-state index contributed by atoms with van der Waals surface area (Å²) >= 11 is 0.693. The molecule has 0 radical (unpaired) electrons. The summed E-state index contributed by atoms with van der Waals surface area (Å²) in [5, 5.41) is 10.5. The van der Waals surface area contributed by atoms with Crippen LogP contribution >= 0.6 is 11.3 Å². The lowest BCUT2D eigenvalue weighted by Crippen LogP contribution is -2.34. The first-order valence-electron chi connectivity index (χ1n) is 9.94. The van der Waals surface area contributed by atoms with Crippen LogP contribution in [0.3, 0.4) is 0 Å². The lowest BCUT2D eigenvalue weighted by Gasteiger charge is -2.15. The molecule has 3 heterocycles. The number of hydrogen-bond donors (Lipinski definition) is 2. The highest BCUT2D eigenvalue weighted by Gasteiger charge is 2.28. The average Bonchev–Trinajstić information content (AvgIpc) is 3.44. The fourth-order valence-electron chi connectivity index (χ4n) is 3.87. The van der Waals surface area contributed by atoms with Crippen molar-refractivity contribution in [2.24, 2.45) is 0 Å². The van der Waals surface area contributed by atoms with Crippen LogP contribution in [0, 0.1) is 11.6 Å². The number of carboxylic acid groups (broad SMARTS) is 1. The summed E-state index contributed by atoms with van der Waals surface area (Å²) < 4.78 is 62.1. The molecule has 0 saturated heterocycles. The van der Waals surface area contributed by atoms with Crippen molar-refractivity contribution in [2.45, 2.75) is 4.90 Å². The second-order valence-electron chi connectivity index (χ2n) is 7.50. The van der Waals surface area contributed by atoms with Gasteiger partial charge in [0.25, 0.3) is 15.6 Å². The van der Waals surface area contributed by atoms with Crippen LogP contribution in [0.25, 0.3) is 27.5 Å². The fraction of sp³-hybridized carbons (Fsp3) is 0.0455. The van der Waals surface area contributed by atoms with Crippen molar-refractivity contribution in [3.63, 3.8) is 0 Å². The largest absolute Gasteiger partial charge is 0.495 e. The topological polar surface area (TPSA) is 140 Å². The number of fused-ring (bicyclic) bond motifs is 2. The highest BCUT2D eigenvalue weighted by molar-refractivity contribution is 7.90. The summed E-state index contributed by atoms with van der Waals surface area (Å²) in [6.45, 7) is 0. The molecule has 3 aromatic heterocycles. The Morgan fingerprint density at radius 1 is 1.14 bits per heavy atom. The number of H-pyrrole nitrogens is 1. The Bertz CT molecular complexity index is 1950. The van der Waals surface area contributed by atoms with Crippen molar-refractivity contribution in [3.8, 4) is 11.4 Å². The van der Waals surface area contributed by atoms with Crippen molar-refractivity contribution in [2.75, 3.05) is 7.11 Å². The van der Waals surface area contributed by atoms with Gasteiger partial charge in [-0.25, -0.2) is 35.3 Å². The number of aromatic amines is 1. The zero-order chi connectivity index (χ0) is 25.9. The summed E-state index contributed by atoms with van der Waals surface area (Å²) in [6.07, 6.45) is 1.16. The van der Waals surface area contributed by atoms with E-state index in [1.165, 1.54) is 17.5 Å². The molecule has 0 aliphatic carbocycles. The lowest BCUT2D eigenvalue weighted by molar-refractivity contribution is 0.0704. The van der Waals surface area contributed by atoms with Crippen molar-refractivity contribution in [3.05, 3.63) is 85.3 Å². The minimum Gasteiger partial charge on any atom is -0.495 e. The SMILES string of the molecule is COc1cc(F)c(-n2c(=O)[nH]c3csc(C(=O)O)c3c2=O)cc1S(=O)(=O)n1ccc2cc(F)ccc21. The zero-order valence-corrected chi connectivity index (χ0v) is 19.6. The summed E-state index contributed by atoms with van der Waals surface area (Å²) in [5.74, 6) is -3.61. The summed E-state index contributed by atoms with van der Waals surface area (Å²) in [5.41, 5.74) is -2.95. The molecule has 14 heteroatoms. The van der Waals surface area contributed by atoms with E-state index in [0.29, 0.717) is 22.0 Å². The molecule has 0 amide bonds. The Morgan fingerprint density at radius 2 is 1.89 bits per heavy atom. The van der Waals surface area contributed by atoms with E-state index in [1.54, 1.807) is 0 Å². The molecule has 0 spiro atoms. The first-order valence-corrected chi connectivity index (χ1v) is 12.3. The van der Waals surface area contributed by atoms with Gasteiger partial charge in [0.2, 0.25) is 0 Å². The van der Waals surface area contributed by atoms with E-state index in [2.05, 4.69) is 4.98 Å². The number of halogens is 2. The predicted octanol–water partition coefficient (Wildman–Crippen LogP) is 2.92. The molecule has 184 valence electrons. The third-order valence-corrected chi connectivity index (χ3v) is 8.15. The van der Waals surface area contributed by atoms with Crippen molar-refractivity contribution >= 4 is 49.1 Å². The number of methoxy groups -OCH3 is 1. The number of hydrogen-bond acceptors (Lipinski definition) is 7. The molecular weight excluding hydrogens is 520 g/mol. The van der Waals surface area contributed by atoms with E-state index >= 15 is 4.39 Å². The maximum absolute atomic E-state index is 15.1. The third kappa shape index (κ3) is 3.41. The Balaban J connectivity index is 1.81. The van der Waals surface area contributed by atoms with E-state index in [0.717, 1.165) is 35.5 Å². The minimum absolute atomic E-state index is 0.0588. The van der Waals surface area contributed by atoms with Gasteiger partial charge in [-0.2, -0.15) is 0 Å². The molecule has 2 N–H and O–H groups in total. The molecule has 0 saturated carbocycles. The maximum Gasteiger partial charge on any atom is 0.346 e. The number of carbonyl (C=O) groups is 1. The quantitative estimate of drug-likeness (QED) is 0.354. The van der Waals surface area contributed by atoms with Crippen LogP contribution < -0.4 is 16.0 Å². The van der Waals surface area contributed by atoms with Gasteiger partial charge >= 0.3 is 11.7 Å². The van der Waals surface area contributed by atoms with Crippen LogP contribution in [-0.4, -0.2) is 40.1 Å². The number of nitrogens with zero attached hydrogens (tertiary/aromatic N) is 2.